The number of carbonyl (C=O) groups is 2. The van der Waals surface area contributed by atoms with Crippen LogP contribution in [0.1, 0.15) is 18.1 Å². The van der Waals surface area contributed by atoms with Crippen LogP contribution < -0.4 is 5.32 Å². The first-order valence-corrected chi connectivity index (χ1v) is 7.91. The van der Waals surface area contributed by atoms with Crippen molar-refractivity contribution in [2.45, 2.75) is 19.0 Å². The predicted octanol–water partition coefficient (Wildman–Crippen LogP) is 4.10. The van der Waals surface area contributed by atoms with Crippen LogP contribution >= 0.6 is 23.2 Å². The van der Waals surface area contributed by atoms with Crippen LogP contribution in [0.2, 0.25) is 10.0 Å². The Balaban J connectivity index is 1.90. The lowest BCUT2D eigenvalue weighted by molar-refractivity contribution is -0.131. The van der Waals surface area contributed by atoms with Crippen LogP contribution in [0.5, 0.6) is 0 Å². The quantitative estimate of drug-likeness (QED) is 0.831. The van der Waals surface area contributed by atoms with Crippen molar-refractivity contribution >= 4 is 35.1 Å². The Morgan fingerprint density at radius 2 is 1.79 bits per heavy atom. The molecule has 1 fully saturated rings. The van der Waals surface area contributed by atoms with Gasteiger partial charge < -0.3 is 5.32 Å². The second-order valence-electron chi connectivity index (χ2n) is 5.69. The number of nitrogens with one attached hydrogen (secondary N) is 1. The molecule has 0 bridgehead atoms. The number of urea groups is 1. The van der Waals surface area contributed by atoms with E-state index < -0.39 is 23.3 Å². The molecule has 0 aliphatic carbocycles. The molecule has 4 nitrogen and oxygen atoms in total. The first-order valence-electron chi connectivity index (χ1n) is 7.15. The third-order valence-electron chi connectivity index (χ3n) is 4.04. The van der Waals surface area contributed by atoms with E-state index in [0.717, 1.165) is 4.90 Å². The van der Waals surface area contributed by atoms with E-state index in [0.29, 0.717) is 21.2 Å². The van der Waals surface area contributed by atoms with Gasteiger partial charge in [-0.1, -0.05) is 41.4 Å². The van der Waals surface area contributed by atoms with E-state index in [1.54, 1.807) is 25.1 Å². The van der Waals surface area contributed by atoms with Crippen LogP contribution in [0.4, 0.5) is 9.18 Å². The minimum Gasteiger partial charge on any atom is -0.319 e. The molecule has 0 saturated carbocycles. The summed E-state index contributed by atoms with van der Waals surface area (Å²) in [5.74, 6) is -0.839. The largest absolute Gasteiger partial charge is 0.325 e. The van der Waals surface area contributed by atoms with E-state index >= 15 is 0 Å². The summed E-state index contributed by atoms with van der Waals surface area (Å²) in [5.41, 5.74) is -0.135. The van der Waals surface area contributed by atoms with Gasteiger partial charge in [0.05, 0.1) is 6.54 Å². The Bertz CT molecular complexity index is 826. The molecule has 2 aromatic carbocycles. The predicted molar refractivity (Wildman–Crippen MR) is 89.3 cm³/mol. The number of carbonyl (C=O) groups excluding carboxylic acids is 2. The molecule has 1 unspecified atom stereocenters. The number of amides is 3. The Morgan fingerprint density at radius 1 is 1.12 bits per heavy atom. The maximum absolute atomic E-state index is 13.1. The van der Waals surface area contributed by atoms with Gasteiger partial charge in [-0.05, 0) is 42.3 Å². The summed E-state index contributed by atoms with van der Waals surface area (Å²) in [5, 5.41) is 3.51. The average molecular weight is 367 g/mol. The smallest absolute Gasteiger partial charge is 0.319 e. The standard InChI is InChI=1S/C17H13Cl2FN2O2/c1-17(11-3-6-13(20)7-4-11)15(23)22(16(24)21-17)9-10-2-5-12(18)8-14(10)19/h2-8H,9H2,1H3,(H,21,24). The summed E-state index contributed by atoms with van der Waals surface area (Å²) in [4.78, 5) is 26.1. The Morgan fingerprint density at radius 3 is 2.42 bits per heavy atom. The van der Waals surface area contributed by atoms with E-state index in [9.17, 15) is 14.0 Å². The van der Waals surface area contributed by atoms with Gasteiger partial charge in [0.2, 0.25) is 0 Å². The van der Waals surface area contributed by atoms with E-state index in [-0.39, 0.29) is 6.54 Å². The molecule has 1 atom stereocenters. The molecular weight excluding hydrogens is 354 g/mol. The van der Waals surface area contributed by atoms with Crippen LogP contribution in [0.3, 0.4) is 0 Å². The Kier molecular flexibility index (Phi) is 4.24. The normalized spacial score (nSPS) is 20.4. The number of benzene rings is 2. The fraction of sp³-hybridized carbons (Fsp3) is 0.176. The maximum Gasteiger partial charge on any atom is 0.325 e. The number of hydrogen-bond acceptors (Lipinski definition) is 2. The number of halogens is 3. The molecule has 1 aliphatic heterocycles. The molecule has 124 valence electrons. The average Bonchev–Trinajstić information content (AvgIpc) is 2.74. The van der Waals surface area contributed by atoms with Crippen molar-refractivity contribution in [3.8, 4) is 0 Å². The molecule has 0 spiro atoms. The second-order valence-corrected chi connectivity index (χ2v) is 6.53. The highest BCUT2D eigenvalue weighted by Crippen LogP contribution is 2.31. The topological polar surface area (TPSA) is 49.4 Å². The van der Waals surface area contributed by atoms with Gasteiger partial charge in [0.25, 0.3) is 5.91 Å². The molecule has 1 N–H and O–H groups in total. The molecule has 0 aromatic heterocycles. The number of nitrogens with zero attached hydrogens (tertiary/aromatic N) is 1. The Labute approximate surface area is 148 Å². The van der Waals surface area contributed by atoms with Crippen molar-refractivity contribution in [2.75, 3.05) is 0 Å². The number of rotatable bonds is 3. The summed E-state index contributed by atoms with van der Waals surface area (Å²) in [7, 11) is 0. The van der Waals surface area contributed by atoms with E-state index in [4.69, 9.17) is 23.2 Å². The van der Waals surface area contributed by atoms with Gasteiger partial charge in [-0.15, -0.1) is 0 Å². The third kappa shape index (κ3) is 2.85. The van der Waals surface area contributed by atoms with E-state index in [1.807, 2.05) is 0 Å². The molecule has 1 saturated heterocycles. The first-order chi connectivity index (χ1) is 11.3. The number of hydrogen-bond donors (Lipinski definition) is 1. The molecular formula is C17H13Cl2FN2O2. The summed E-state index contributed by atoms with van der Waals surface area (Å²) in [6.45, 7) is 1.61. The highest BCUT2D eigenvalue weighted by molar-refractivity contribution is 6.35. The van der Waals surface area contributed by atoms with E-state index in [1.165, 1.54) is 24.3 Å². The summed E-state index contributed by atoms with van der Waals surface area (Å²) < 4.78 is 13.1. The fourth-order valence-electron chi connectivity index (χ4n) is 2.64. The van der Waals surface area contributed by atoms with Crippen molar-refractivity contribution in [3.05, 3.63) is 69.5 Å². The highest BCUT2D eigenvalue weighted by Gasteiger charge is 2.48. The lowest BCUT2D eigenvalue weighted by Crippen LogP contribution is -2.40. The molecule has 3 rings (SSSR count). The lowest BCUT2D eigenvalue weighted by Gasteiger charge is -2.22. The zero-order chi connectivity index (χ0) is 17.5. The van der Waals surface area contributed by atoms with Gasteiger partial charge in [0.1, 0.15) is 11.4 Å². The lowest BCUT2D eigenvalue weighted by atomic mass is 9.92. The van der Waals surface area contributed by atoms with Crippen LogP contribution in [-0.4, -0.2) is 16.8 Å². The SMILES string of the molecule is CC1(c2ccc(F)cc2)NC(=O)N(Cc2ccc(Cl)cc2Cl)C1=O. The van der Waals surface area contributed by atoms with Gasteiger partial charge in [-0.2, -0.15) is 0 Å². The molecule has 24 heavy (non-hydrogen) atoms. The van der Waals surface area contributed by atoms with Crippen LogP contribution in [0.15, 0.2) is 42.5 Å². The minimum absolute atomic E-state index is 0.0253. The fourth-order valence-corrected chi connectivity index (χ4v) is 3.11. The number of imide groups is 1. The molecule has 7 heteroatoms. The van der Waals surface area contributed by atoms with Crippen LogP contribution in [-0.2, 0) is 16.9 Å². The first kappa shape index (κ1) is 16.7. The maximum atomic E-state index is 13.1. The van der Waals surface area contributed by atoms with Crippen molar-refractivity contribution in [1.82, 2.24) is 10.2 Å². The van der Waals surface area contributed by atoms with Gasteiger partial charge >= 0.3 is 6.03 Å². The summed E-state index contributed by atoms with van der Waals surface area (Å²) in [6, 6.07) is 9.78. The molecule has 2 aromatic rings. The molecule has 0 radical (unpaired) electrons. The van der Waals surface area contributed by atoms with Crippen molar-refractivity contribution in [1.29, 1.82) is 0 Å². The van der Waals surface area contributed by atoms with Crippen molar-refractivity contribution < 1.29 is 14.0 Å². The van der Waals surface area contributed by atoms with Crippen molar-refractivity contribution in [2.24, 2.45) is 0 Å². The highest BCUT2D eigenvalue weighted by atomic mass is 35.5. The van der Waals surface area contributed by atoms with Gasteiger partial charge in [-0.3, -0.25) is 9.69 Å². The van der Waals surface area contributed by atoms with Crippen LogP contribution in [0, 0.1) is 5.82 Å². The summed E-state index contributed by atoms with van der Waals surface area (Å²) in [6.07, 6.45) is 0. The monoisotopic (exact) mass is 366 g/mol. The summed E-state index contributed by atoms with van der Waals surface area (Å²) >= 11 is 12.0. The van der Waals surface area contributed by atoms with Gasteiger partial charge in [0.15, 0.2) is 0 Å². The minimum atomic E-state index is -1.25. The van der Waals surface area contributed by atoms with E-state index in [2.05, 4.69) is 5.32 Å². The molecule has 3 amide bonds. The third-order valence-corrected chi connectivity index (χ3v) is 4.63. The zero-order valence-electron chi connectivity index (χ0n) is 12.6. The van der Waals surface area contributed by atoms with Crippen molar-refractivity contribution in [3.63, 3.8) is 0 Å². The van der Waals surface area contributed by atoms with Crippen LogP contribution in [0.25, 0.3) is 0 Å². The van der Waals surface area contributed by atoms with Gasteiger partial charge in [0, 0.05) is 10.0 Å². The Hall–Kier alpha value is -2.11. The molecule has 1 heterocycles. The zero-order valence-corrected chi connectivity index (χ0v) is 14.2. The second kappa shape index (κ2) is 6.07. The van der Waals surface area contributed by atoms with Gasteiger partial charge in [-0.25, -0.2) is 9.18 Å². The molecule has 1 aliphatic rings.